The summed E-state index contributed by atoms with van der Waals surface area (Å²) in [5.74, 6) is -0.272. The van der Waals surface area contributed by atoms with E-state index in [1.807, 2.05) is 0 Å². The van der Waals surface area contributed by atoms with Crippen molar-refractivity contribution in [2.45, 2.75) is 6.42 Å². The van der Waals surface area contributed by atoms with Crippen molar-refractivity contribution >= 4 is 27.7 Å². The van der Waals surface area contributed by atoms with Crippen LogP contribution in [0.3, 0.4) is 0 Å². The van der Waals surface area contributed by atoms with Crippen LogP contribution in [0.25, 0.3) is 0 Å². The first-order valence-electron chi connectivity index (χ1n) is 4.99. The van der Waals surface area contributed by atoms with Crippen LogP contribution in [0, 0.1) is 5.82 Å². The van der Waals surface area contributed by atoms with E-state index in [4.69, 9.17) is 0 Å². The smallest absolute Gasteiger partial charge is 0.239 e. The Hall–Kier alpha value is -1.17. The van der Waals surface area contributed by atoms with Crippen LogP contribution in [-0.2, 0) is 4.79 Å². The number of pyridine rings is 1. The number of carbonyl (C=O) groups excluding carboxylic acids is 1. The van der Waals surface area contributed by atoms with Crippen molar-refractivity contribution in [2.75, 3.05) is 24.5 Å². The molecule has 6 heteroatoms. The molecule has 1 amide bonds. The Bertz CT molecular complexity index is 413. The number of hydrogen-bond donors (Lipinski definition) is 1. The SMILES string of the molecule is O=C1CN(c2ncc(Br)cc2F)CCCN1. The van der Waals surface area contributed by atoms with E-state index >= 15 is 0 Å². The maximum atomic E-state index is 13.6. The highest BCUT2D eigenvalue weighted by Gasteiger charge is 2.18. The lowest BCUT2D eigenvalue weighted by Gasteiger charge is -2.20. The van der Waals surface area contributed by atoms with Crippen LogP contribution in [0.15, 0.2) is 16.7 Å². The molecule has 1 fully saturated rings. The Morgan fingerprint density at radius 1 is 1.56 bits per heavy atom. The van der Waals surface area contributed by atoms with Crippen molar-refractivity contribution in [3.8, 4) is 0 Å². The number of rotatable bonds is 1. The average molecular weight is 288 g/mol. The van der Waals surface area contributed by atoms with Crippen LogP contribution in [0.4, 0.5) is 10.2 Å². The van der Waals surface area contributed by atoms with Gasteiger partial charge in [-0.05, 0) is 28.4 Å². The molecule has 0 bridgehead atoms. The third kappa shape index (κ3) is 2.49. The van der Waals surface area contributed by atoms with Crippen LogP contribution in [-0.4, -0.2) is 30.5 Å². The first kappa shape index (κ1) is 11.3. The first-order chi connectivity index (χ1) is 7.66. The summed E-state index contributed by atoms with van der Waals surface area (Å²) in [6.45, 7) is 1.42. The van der Waals surface area contributed by atoms with E-state index in [0.717, 1.165) is 6.42 Å². The quantitative estimate of drug-likeness (QED) is 0.847. The van der Waals surface area contributed by atoms with Gasteiger partial charge in [-0.15, -0.1) is 0 Å². The molecular weight excluding hydrogens is 277 g/mol. The van der Waals surface area contributed by atoms with Crippen molar-refractivity contribution < 1.29 is 9.18 Å². The summed E-state index contributed by atoms with van der Waals surface area (Å²) < 4.78 is 14.2. The molecule has 1 aromatic heterocycles. The second kappa shape index (κ2) is 4.78. The molecule has 0 unspecified atom stereocenters. The van der Waals surface area contributed by atoms with E-state index in [9.17, 15) is 9.18 Å². The Kier molecular flexibility index (Phi) is 3.38. The second-order valence-corrected chi connectivity index (χ2v) is 4.50. The molecule has 2 rings (SSSR count). The number of carbonyl (C=O) groups is 1. The zero-order valence-corrected chi connectivity index (χ0v) is 10.1. The van der Waals surface area contributed by atoms with Gasteiger partial charge in [0, 0.05) is 23.8 Å². The van der Waals surface area contributed by atoms with Crippen LogP contribution in [0.1, 0.15) is 6.42 Å². The lowest BCUT2D eigenvalue weighted by molar-refractivity contribution is -0.119. The molecule has 1 N–H and O–H groups in total. The normalized spacial score (nSPS) is 16.9. The third-order valence-corrected chi connectivity index (χ3v) is 2.78. The molecule has 1 aliphatic rings. The summed E-state index contributed by atoms with van der Waals surface area (Å²) in [4.78, 5) is 17.0. The summed E-state index contributed by atoms with van der Waals surface area (Å²) >= 11 is 3.15. The lowest BCUT2D eigenvalue weighted by Crippen LogP contribution is -2.34. The van der Waals surface area contributed by atoms with Gasteiger partial charge in [-0.3, -0.25) is 4.79 Å². The first-order valence-corrected chi connectivity index (χ1v) is 5.79. The molecule has 1 aromatic rings. The Labute approximate surface area is 101 Å². The van der Waals surface area contributed by atoms with Crippen molar-refractivity contribution in [3.05, 3.63) is 22.6 Å². The van der Waals surface area contributed by atoms with Gasteiger partial charge in [-0.25, -0.2) is 9.37 Å². The zero-order chi connectivity index (χ0) is 11.5. The fourth-order valence-corrected chi connectivity index (χ4v) is 1.93. The highest BCUT2D eigenvalue weighted by Crippen LogP contribution is 2.20. The molecule has 16 heavy (non-hydrogen) atoms. The van der Waals surface area contributed by atoms with Gasteiger partial charge in [0.05, 0.1) is 6.54 Å². The number of hydrogen-bond acceptors (Lipinski definition) is 3. The van der Waals surface area contributed by atoms with Crippen LogP contribution in [0.5, 0.6) is 0 Å². The zero-order valence-electron chi connectivity index (χ0n) is 8.54. The predicted molar refractivity (Wildman–Crippen MR) is 61.7 cm³/mol. The average Bonchev–Trinajstić information content (AvgIpc) is 2.43. The third-order valence-electron chi connectivity index (χ3n) is 2.35. The van der Waals surface area contributed by atoms with Crippen molar-refractivity contribution in [2.24, 2.45) is 0 Å². The number of anilines is 1. The van der Waals surface area contributed by atoms with E-state index < -0.39 is 5.82 Å². The number of aromatic nitrogens is 1. The van der Waals surface area contributed by atoms with Gasteiger partial charge in [0.2, 0.25) is 5.91 Å². The van der Waals surface area contributed by atoms with Crippen molar-refractivity contribution in [1.29, 1.82) is 0 Å². The van der Waals surface area contributed by atoms with Gasteiger partial charge >= 0.3 is 0 Å². The Balaban J connectivity index is 2.24. The fraction of sp³-hybridized carbons (Fsp3) is 0.400. The minimum atomic E-state index is -0.413. The van der Waals surface area contributed by atoms with Gasteiger partial charge < -0.3 is 10.2 Å². The van der Waals surface area contributed by atoms with Crippen LogP contribution >= 0.6 is 15.9 Å². The molecule has 86 valence electrons. The predicted octanol–water partition coefficient (Wildman–Crippen LogP) is 1.31. The summed E-state index contributed by atoms with van der Waals surface area (Å²) in [6.07, 6.45) is 2.32. The number of nitrogens with one attached hydrogen (secondary N) is 1. The summed E-state index contributed by atoms with van der Waals surface area (Å²) in [5.41, 5.74) is 0. The standard InChI is InChI=1S/C10H11BrFN3O/c11-7-4-8(12)10(14-5-7)15-3-1-2-13-9(16)6-15/h4-5H,1-3,6H2,(H,13,16). The molecule has 0 saturated carbocycles. The van der Waals surface area contributed by atoms with E-state index in [1.165, 1.54) is 12.3 Å². The highest BCUT2D eigenvalue weighted by molar-refractivity contribution is 9.10. The van der Waals surface area contributed by atoms with E-state index in [-0.39, 0.29) is 18.3 Å². The highest BCUT2D eigenvalue weighted by atomic mass is 79.9. The van der Waals surface area contributed by atoms with Gasteiger partial charge in [-0.1, -0.05) is 0 Å². The Morgan fingerprint density at radius 2 is 2.38 bits per heavy atom. The molecular formula is C10H11BrFN3O. The molecule has 1 aliphatic heterocycles. The monoisotopic (exact) mass is 287 g/mol. The fourth-order valence-electron chi connectivity index (χ4n) is 1.63. The van der Waals surface area contributed by atoms with E-state index in [0.29, 0.717) is 17.6 Å². The van der Waals surface area contributed by atoms with Crippen molar-refractivity contribution in [3.63, 3.8) is 0 Å². The van der Waals surface area contributed by atoms with E-state index in [1.54, 1.807) is 4.90 Å². The topological polar surface area (TPSA) is 45.2 Å². The lowest BCUT2D eigenvalue weighted by atomic mass is 10.3. The van der Waals surface area contributed by atoms with Crippen LogP contribution in [0.2, 0.25) is 0 Å². The number of halogens is 2. The van der Waals surface area contributed by atoms with Gasteiger partial charge in [0.1, 0.15) is 0 Å². The molecule has 2 heterocycles. The van der Waals surface area contributed by atoms with Crippen LogP contribution < -0.4 is 10.2 Å². The number of nitrogens with zero attached hydrogens (tertiary/aromatic N) is 2. The minimum Gasteiger partial charge on any atom is -0.354 e. The minimum absolute atomic E-state index is 0.0957. The molecule has 0 radical (unpaired) electrons. The van der Waals surface area contributed by atoms with Gasteiger partial charge in [0.25, 0.3) is 0 Å². The molecule has 0 aromatic carbocycles. The molecule has 1 saturated heterocycles. The van der Waals surface area contributed by atoms with Crippen molar-refractivity contribution in [1.82, 2.24) is 10.3 Å². The summed E-state index contributed by atoms with van der Waals surface area (Å²) in [5, 5.41) is 2.73. The molecule has 0 atom stereocenters. The maximum Gasteiger partial charge on any atom is 0.239 e. The number of amides is 1. The maximum absolute atomic E-state index is 13.6. The van der Waals surface area contributed by atoms with Gasteiger partial charge in [0.15, 0.2) is 11.6 Å². The molecule has 0 aliphatic carbocycles. The summed E-state index contributed by atoms with van der Waals surface area (Å²) in [7, 11) is 0. The molecule has 4 nitrogen and oxygen atoms in total. The largest absolute Gasteiger partial charge is 0.354 e. The van der Waals surface area contributed by atoms with Gasteiger partial charge in [-0.2, -0.15) is 0 Å². The van der Waals surface area contributed by atoms with E-state index in [2.05, 4.69) is 26.2 Å². The Morgan fingerprint density at radius 3 is 3.12 bits per heavy atom. The second-order valence-electron chi connectivity index (χ2n) is 3.58. The summed E-state index contributed by atoms with van der Waals surface area (Å²) in [6, 6.07) is 1.35. The molecule has 0 spiro atoms.